The Morgan fingerprint density at radius 2 is 1.15 bits per heavy atom. The van der Waals surface area contributed by atoms with E-state index in [4.69, 9.17) is 17.9 Å². The van der Waals surface area contributed by atoms with Gasteiger partial charge >= 0.3 is 0 Å². The molecule has 2 N–H and O–H groups in total. The molecule has 8 aromatic rings. The SMILES string of the molecule is C.[C-]#[N+]c1cnc(C)nc1N[C@@H](C)c1cc2cccc(-c3ccc(OC)nc3)c2c(=O)n1C1CC1.[C-]#[N+]c1cnc(C)nc1N[C@@H](C)c1cc2cccc(-c3ccnnc3)c2c(=O)n1C1CC1. The average molecular weight is 892 g/mol. The number of hydrogen-bond donors (Lipinski definition) is 2. The molecule has 0 amide bonds. The van der Waals surface area contributed by atoms with Crippen molar-refractivity contribution in [2.45, 2.75) is 85.0 Å². The summed E-state index contributed by atoms with van der Waals surface area (Å²) in [6, 6.07) is 21.3. The second-order valence-electron chi connectivity index (χ2n) is 16.5. The van der Waals surface area contributed by atoms with E-state index < -0.39 is 0 Å². The van der Waals surface area contributed by atoms with Crippen molar-refractivity contribution < 1.29 is 4.74 Å². The molecule has 10 rings (SSSR count). The monoisotopic (exact) mass is 891 g/mol. The molecule has 0 saturated heterocycles. The van der Waals surface area contributed by atoms with Crippen LogP contribution in [0.4, 0.5) is 23.0 Å². The van der Waals surface area contributed by atoms with Crippen LogP contribution >= 0.6 is 0 Å². The first kappa shape index (κ1) is 45.2. The molecule has 16 heteroatoms. The molecule has 2 aromatic carbocycles. The van der Waals surface area contributed by atoms with Crippen LogP contribution in [0.15, 0.2) is 107 Å². The highest BCUT2D eigenvalue weighted by Gasteiger charge is 2.31. The van der Waals surface area contributed by atoms with Gasteiger partial charge in [0.05, 0.1) is 55.5 Å². The topological polar surface area (TPSA) is 176 Å². The maximum atomic E-state index is 13.9. The van der Waals surface area contributed by atoms with E-state index in [-0.39, 0.29) is 42.7 Å². The summed E-state index contributed by atoms with van der Waals surface area (Å²) < 4.78 is 8.99. The van der Waals surface area contributed by atoms with Gasteiger partial charge in [0.1, 0.15) is 23.3 Å². The van der Waals surface area contributed by atoms with Gasteiger partial charge in [-0.3, -0.25) is 19.6 Å². The lowest BCUT2D eigenvalue weighted by Gasteiger charge is -2.22. The summed E-state index contributed by atoms with van der Waals surface area (Å²) >= 11 is 0. The van der Waals surface area contributed by atoms with E-state index in [2.05, 4.69) is 67.6 Å². The lowest BCUT2D eigenvalue weighted by atomic mass is 9.99. The van der Waals surface area contributed by atoms with Gasteiger partial charge in [-0.2, -0.15) is 10.2 Å². The maximum absolute atomic E-state index is 13.9. The summed E-state index contributed by atoms with van der Waals surface area (Å²) in [6.45, 7) is 22.4. The number of pyridine rings is 3. The van der Waals surface area contributed by atoms with Gasteiger partial charge in [0.2, 0.25) is 17.3 Å². The smallest absolute Gasteiger partial charge is 0.259 e. The Morgan fingerprint density at radius 1 is 0.657 bits per heavy atom. The number of aromatic nitrogens is 9. The highest BCUT2D eigenvalue weighted by atomic mass is 16.5. The predicted molar refractivity (Wildman–Crippen MR) is 261 cm³/mol. The predicted octanol–water partition coefficient (Wildman–Crippen LogP) is 10.5. The van der Waals surface area contributed by atoms with Crippen LogP contribution in [0.2, 0.25) is 0 Å². The quantitative estimate of drug-likeness (QED) is 0.118. The number of hydrogen-bond acceptors (Lipinski definition) is 12. The van der Waals surface area contributed by atoms with Crippen LogP contribution in [0.5, 0.6) is 5.88 Å². The molecule has 6 aromatic heterocycles. The van der Waals surface area contributed by atoms with E-state index in [9.17, 15) is 9.59 Å². The number of benzene rings is 2. The number of nitrogens with one attached hydrogen (secondary N) is 2. The fraction of sp³-hybridized carbons (Fsp3) is 0.275. The Bertz CT molecular complexity index is 3350. The maximum Gasteiger partial charge on any atom is 0.259 e. The van der Waals surface area contributed by atoms with Gasteiger partial charge in [-0.25, -0.2) is 24.6 Å². The van der Waals surface area contributed by atoms with E-state index >= 15 is 0 Å². The summed E-state index contributed by atoms with van der Waals surface area (Å²) in [5.74, 6) is 2.65. The van der Waals surface area contributed by atoms with Crippen molar-refractivity contribution in [1.82, 2.24) is 44.3 Å². The van der Waals surface area contributed by atoms with Gasteiger partial charge < -0.3 is 24.5 Å². The summed E-state index contributed by atoms with van der Waals surface area (Å²) in [5, 5.41) is 17.6. The average Bonchev–Trinajstić information content (AvgIpc) is 4.28. The molecular weight excluding hydrogens is 843 g/mol. The third-order valence-electron chi connectivity index (χ3n) is 11.8. The Hall–Kier alpha value is -8.37. The van der Waals surface area contributed by atoms with E-state index in [1.165, 1.54) is 12.4 Å². The van der Waals surface area contributed by atoms with E-state index in [0.29, 0.717) is 51.3 Å². The molecule has 0 spiro atoms. The Kier molecular flexibility index (Phi) is 12.8. The van der Waals surface area contributed by atoms with Crippen molar-refractivity contribution in [3.05, 3.63) is 164 Å². The highest BCUT2D eigenvalue weighted by molar-refractivity contribution is 5.97. The first-order valence-corrected chi connectivity index (χ1v) is 21.7. The largest absolute Gasteiger partial charge is 0.481 e. The molecule has 67 heavy (non-hydrogen) atoms. The van der Waals surface area contributed by atoms with Crippen molar-refractivity contribution in [2.75, 3.05) is 17.7 Å². The third-order valence-corrected chi connectivity index (χ3v) is 11.8. The first-order valence-electron chi connectivity index (χ1n) is 21.7. The molecule has 2 fully saturated rings. The van der Waals surface area contributed by atoms with Crippen LogP contribution in [0.25, 0.3) is 53.5 Å². The second-order valence-corrected chi connectivity index (χ2v) is 16.5. The molecule has 16 nitrogen and oxygen atoms in total. The number of rotatable bonds is 11. The molecule has 0 bridgehead atoms. The summed E-state index contributed by atoms with van der Waals surface area (Å²) in [4.78, 5) is 56.1. The summed E-state index contributed by atoms with van der Waals surface area (Å²) in [7, 11) is 1.58. The van der Waals surface area contributed by atoms with Crippen LogP contribution in [0.1, 0.15) is 94.2 Å². The van der Waals surface area contributed by atoms with Crippen molar-refractivity contribution in [3.8, 4) is 28.1 Å². The first-order chi connectivity index (χ1) is 32.1. The number of fused-ring (bicyclic) bond motifs is 2. The molecule has 0 radical (unpaired) electrons. The van der Waals surface area contributed by atoms with Gasteiger partial charge in [-0.15, -0.1) is 0 Å². The standard InChI is InChI=1S/C26H24N6O2.C24H21N7O.CH4/c1-15(30-25-21(27-3)14-28-16(2)31-25)22-12-17-6-5-7-20(18-8-11-23(34-4)29-13-18)24(17)26(33)32(22)19-9-10-19;1-14(29-23-20(25-3)13-26-15(2)30-23)21-11-16-5-4-6-19(17-9-10-27-28-12-17)22(16)24(32)31(21)18-7-8-18;/h5-8,11-15,19H,9-10H2,1-2,4H3,(H,28,30,31);4-6,9-14,18H,7-8H2,1-2H3,(H,26,29,30);1H4/t15-;14-;/m00./s1. The Labute approximate surface area is 387 Å². The van der Waals surface area contributed by atoms with Gasteiger partial charge in [0.25, 0.3) is 11.1 Å². The fourth-order valence-corrected chi connectivity index (χ4v) is 8.33. The normalized spacial score (nSPS) is 13.8. The molecule has 2 saturated carbocycles. The summed E-state index contributed by atoms with van der Waals surface area (Å²) in [5.41, 5.74) is 5.87. The lowest BCUT2D eigenvalue weighted by molar-refractivity contribution is 0.398. The lowest BCUT2D eigenvalue weighted by Crippen LogP contribution is -2.26. The number of nitrogens with zero attached hydrogens (tertiary/aromatic N) is 11. The minimum Gasteiger partial charge on any atom is -0.481 e. The number of ether oxygens (including phenoxy) is 1. The van der Waals surface area contributed by atoms with Gasteiger partial charge in [0.15, 0.2) is 0 Å². The van der Waals surface area contributed by atoms with Crippen LogP contribution in [0.3, 0.4) is 0 Å². The summed E-state index contributed by atoms with van der Waals surface area (Å²) in [6.07, 6.45) is 12.0. The Balaban J connectivity index is 0.000000179. The zero-order valence-corrected chi connectivity index (χ0v) is 37.0. The van der Waals surface area contributed by atoms with Crippen molar-refractivity contribution in [2.24, 2.45) is 0 Å². The van der Waals surface area contributed by atoms with Gasteiger partial charge in [0, 0.05) is 59.3 Å². The van der Waals surface area contributed by atoms with Crippen LogP contribution in [-0.4, -0.2) is 51.4 Å². The molecule has 2 aliphatic rings. The molecule has 2 aliphatic carbocycles. The molecule has 2 atom stereocenters. The van der Waals surface area contributed by atoms with E-state index in [1.54, 1.807) is 45.6 Å². The third kappa shape index (κ3) is 9.15. The molecule has 6 heterocycles. The number of methoxy groups -OCH3 is 1. The zero-order valence-electron chi connectivity index (χ0n) is 37.0. The van der Waals surface area contributed by atoms with Gasteiger partial charge in [-0.1, -0.05) is 43.8 Å². The van der Waals surface area contributed by atoms with Crippen molar-refractivity contribution >= 4 is 44.6 Å². The molecule has 0 aliphatic heterocycles. The number of anilines is 2. The molecular formula is C51H49N13O3. The van der Waals surface area contributed by atoms with Gasteiger partial charge in [-0.05, 0) is 99.5 Å². The minimum absolute atomic E-state index is 0. The molecule has 336 valence electrons. The second kappa shape index (κ2) is 19.0. The van der Waals surface area contributed by atoms with Crippen LogP contribution in [-0.2, 0) is 0 Å². The number of aryl methyl sites for hydroxylation is 2. The van der Waals surface area contributed by atoms with Crippen molar-refractivity contribution in [3.63, 3.8) is 0 Å². The highest BCUT2D eigenvalue weighted by Crippen LogP contribution is 2.40. The van der Waals surface area contributed by atoms with E-state index in [0.717, 1.165) is 70.1 Å². The molecule has 0 unspecified atom stereocenters. The zero-order chi connectivity index (χ0) is 46.1. The fourth-order valence-electron chi connectivity index (χ4n) is 8.33. The van der Waals surface area contributed by atoms with Crippen LogP contribution < -0.4 is 26.5 Å². The van der Waals surface area contributed by atoms with Crippen molar-refractivity contribution in [1.29, 1.82) is 0 Å². The minimum atomic E-state index is -0.237. The van der Waals surface area contributed by atoms with Crippen LogP contribution in [0, 0.1) is 27.0 Å². The van der Waals surface area contributed by atoms with E-state index in [1.807, 2.05) is 71.5 Å². The Morgan fingerprint density at radius 3 is 1.55 bits per heavy atom.